The lowest BCUT2D eigenvalue weighted by Crippen LogP contribution is -2.60. The number of hydrogen-bond donors (Lipinski definition) is 1. The highest BCUT2D eigenvalue weighted by Gasteiger charge is 2.58. The molecule has 3 heteroatoms. The Kier molecular flexibility index (Phi) is 3.85. The molecule has 0 amide bonds. The quantitative estimate of drug-likeness (QED) is 0.630. The van der Waals surface area contributed by atoms with Gasteiger partial charge in [0.15, 0.2) is 5.79 Å². The molecule has 0 radical (unpaired) electrons. The molecular formula is C16H28O3. The first kappa shape index (κ1) is 15.0. The van der Waals surface area contributed by atoms with Gasteiger partial charge in [-0.25, -0.2) is 0 Å². The Labute approximate surface area is 117 Å². The maximum absolute atomic E-state index is 11.3. The van der Waals surface area contributed by atoms with Crippen molar-refractivity contribution in [1.82, 2.24) is 0 Å². The first-order valence-electron chi connectivity index (χ1n) is 7.28. The molecule has 0 aliphatic heterocycles. The second kappa shape index (κ2) is 4.87. The Bertz CT molecular complexity index is 361. The zero-order valence-corrected chi connectivity index (χ0v) is 12.8. The van der Waals surface area contributed by atoms with Crippen molar-refractivity contribution in [3.8, 4) is 0 Å². The van der Waals surface area contributed by atoms with Gasteiger partial charge in [-0.3, -0.25) is 0 Å². The largest absolute Gasteiger partial charge is 0.389 e. The van der Waals surface area contributed by atoms with Gasteiger partial charge in [0.1, 0.15) is 0 Å². The van der Waals surface area contributed by atoms with Crippen molar-refractivity contribution in [1.29, 1.82) is 0 Å². The van der Waals surface area contributed by atoms with Gasteiger partial charge in [-0.2, -0.15) is 0 Å². The number of fused-ring (bicyclic) bond motifs is 1. The van der Waals surface area contributed by atoms with E-state index in [1.807, 2.05) is 0 Å². The first-order valence-corrected chi connectivity index (χ1v) is 7.28. The number of aliphatic hydroxyl groups is 1. The maximum atomic E-state index is 11.3. The van der Waals surface area contributed by atoms with E-state index < -0.39 is 11.4 Å². The standard InChI is InChI=1S/C16H28O3/c1-12(2)13-6-7-14(3)8-9-16(18-4,19-5)11-15(14,17)10-13/h13,17H,1,6-11H2,2-5H3/t13-,14-,15-/m1/s1. The molecule has 0 spiro atoms. The number of allylic oxidation sites excluding steroid dienone is 1. The summed E-state index contributed by atoms with van der Waals surface area (Å²) in [5.74, 6) is -0.201. The maximum Gasteiger partial charge on any atom is 0.170 e. The van der Waals surface area contributed by atoms with Gasteiger partial charge in [0.2, 0.25) is 0 Å². The molecule has 0 saturated heterocycles. The Morgan fingerprint density at radius 3 is 2.37 bits per heavy atom. The van der Waals surface area contributed by atoms with Crippen molar-refractivity contribution in [2.24, 2.45) is 11.3 Å². The molecule has 2 aliphatic rings. The normalized spacial score (nSPS) is 41.6. The van der Waals surface area contributed by atoms with Crippen LogP contribution in [0.3, 0.4) is 0 Å². The summed E-state index contributed by atoms with van der Waals surface area (Å²) >= 11 is 0. The fourth-order valence-electron chi connectivity index (χ4n) is 3.98. The minimum atomic E-state index is -0.709. The molecular weight excluding hydrogens is 240 g/mol. The Balaban J connectivity index is 2.26. The van der Waals surface area contributed by atoms with E-state index in [0.717, 1.165) is 32.1 Å². The predicted molar refractivity (Wildman–Crippen MR) is 75.8 cm³/mol. The van der Waals surface area contributed by atoms with Crippen molar-refractivity contribution in [3.05, 3.63) is 12.2 Å². The van der Waals surface area contributed by atoms with E-state index in [1.165, 1.54) is 5.57 Å². The predicted octanol–water partition coefficient (Wildman–Crippen LogP) is 3.27. The van der Waals surface area contributed by atoms with Crippen LogP contribution < -0.4 is 0 Å². The average molecular weight is 268 g/mol. The van der Waals surface area contributed by atoms with Gasteiger partial charge in [-0.1, -0.05) is 19.1 Å². The molecule has 2 rings (SSSR count). The van der Waals surface area contributed by atoms with Crippen molar-refractivity contribution in [3.63, 3.8) is 0 Å². The molecule has 2 fully saturated rings. The van der Waals surface area contributed by atoms with Crippen LogP contribution in [0.4, 0.5) is 0 Å². The van der Waals surface area contributed by atoms with Gasteiger partial charge in [-0.05, 0) is 43.9 Å². The van der Waals surface area contributed by atoms with E-state index in [0.29, 0.717) is 12.3 Å². The topological polar surface area (TPSA) is 38.7 Å². The van der Waals surface area contributed by atoms with E-state index in [1.54, 1.807) is 14.2 Å². The van der Waals surface area contributed by atoms with Crippen LogP contribution in [0, 0.1) is 11.3 Å². The van der Waals surface area contributed by atoms with E-state index in [9.17, 15) is 5.11 Å². The number of methoxy groups -OCH3 is 2. The fourth-order valence-corrected chi connectivity index (χ4v) is 3.98. The molecule has 0 aromatic carbocycles. The van der Waals surface area contributed by atoms with E-state index >= 15 is 0 Å². The second-order valence-electron chi connectivity index (χ2n) is 6.87. The third kappa shape index (κ3) is 2.37. The molecule has 2 aliphatic carbocycles. The molecule has 2 saturated carbocycles. The highest BCUT2D eigenvalue weighted by molar-refractivity contribution is 5.12. The van der Waals surface area contributed by atoms with Crippen molar-refractivity contribution < 1.29 is 14.6 Å². The van der Waals surface area contributed by atoms with E-state index in [4.69, 9.17) is 9.47 Å². The third-order valence-corrected chi connectivity index (χ3v) is 5.81. The van der Waals surface area contributed by atoms with E-state index in [-0.39, 0.29) is 5.41 Å². The van der Waals surface area contributed by atoms with Crippen LogP contribution in [-0.2, 0) is 9.47 Å². The molecule has 3 nitrogen and oxygen atoms in total. The summed E-state index contributed by atoms with van der Waals surface area (Å²) in [5, 5.41) is 11.3. The summed E-state index contributed by atoms with van der Waals surface area (Å²) in [6, 6.07) is 0. The summed E-state index contributed by atoms with van der Waals surface area (Å²) in [4.78, 5) is 0. The lowest BCUT2D eigenvalue weighted by atomic mass is 9.53. The van der Waals surface area contributed by atoms with Gasteiger partial charge in [0.25, 0.3) is 0 Å². The van der Waals surface area contributed by atoms with Gasteiger partial charge in [-0.15, -0.1) is 0 Å². The van der Waals surface area contributed by atoms with Crippen LogP contribution in [0.5, 0.6) is 0 Å². The number of ether oxygens (including phenoxy) is 2. The van der Waals surface area contributed by atoms with Crippen molar-refractivity contribution >= 4 is 0 Å². The molecule has 0 aromatic heterocycles. The lowest BCUT2D eigenvalue weighted by molar-refractivity contribution is -0.289. The molecule has 0 aromatic rings. The Hall–Kier alpha value is -0.380. The zero-order chi connectivity index (χ0) is 14.3. The third-order valence-electron chi connectivity index (χ3n) is 5.81. The lowest BCUT2D eigenvalue weighted by Gasteiger charge is -2.58. The van der Waals surface area contributed by atoms with Crippen LogP contribution in [0.25, 0.3) is 0 Å². The molecule has 19 heavy (non-hydrogen) atoms. The SMILES string of the molecule is C=C(C)[C@@H]1CC[C@]2(C)CCC(OC)(OC)C[C@]2(O)C1. The van der Waals surface area contributed by atoms with Gasteiger partial charge in [0, 0.05) is 27.1 Å². The Morgan fingerprint density at radius 2 is 1.84 bits per heavy atom. The summed E-state index contributed by atoms with van der Waals surface area (Å²) in [7, 11) is 3.35. The van der Waals surface area contributed by atoms with Crippen LogP contribution in [0.2, 0.25) is 0 Å². The first-order chi connectivity index (χ1) is 8.80. The molecule has 1 N–H and O–H groups in total. The number of hydrogen-bond acceptors (Lipinski definition) is 3. The van der Waals surface area contributed by atoms with Crippen LogP contribution in [0.1, 0.15) is 52.4 Å². The van der Waals surface area contributed by atoms with Crippen LogP contribution >= 0.6 is 0 Å². The van der Waals surface area contributed by atoms with Gasteiger partial charge < -0.3 is 14.6 Å². The molecule has 3 atom stereocenters. The highest BCUT2D eigenvalue weighted by Crippen LogP contribution is 2.58. The summed E-state index contributed by atoms with van der Waals surface area (Å²) in [6.07, 6.45) is 5.36. The zero-order valence-electron chi connectivity index (χ0n) is 12.8. The molecule has 0 heterocycles. The second-order valence-corrected chi connectivity index (χ2v) is 6.87. The van der Waals surface area contributed by atoms with Gasteiger partial charge >= 0.3 is 0 Å². The summed E-state index contributed by atoms with van der Waals surface area (Å²) in [5.41, 5.74) is 0.458. The monoisotopic (exact) mass is 268 g/mol. The van der Waals surface area contributed by atoms with E-state index in [2.05, 4.69) is 20.4 Å². The van der Waals surface area contributed by atoms with Crippen LogP contribution in [-0.4, -0.2) is 30.7 Å². The van der Waals surface area contributed by atoms with Crippen molar-refractivity contribution in [2.45, 2.75) is 63.8 Å². The van der Waals surface area contributed by atoms with Crippen molar-refractivity contribution in [2.75, 3.05) is 14.2 Å². The van der Waals surface area contributed by atoms with Crippen LogP contribution in [0.15, 0.2) is 12.2 Å². The minimum absolute atomic E-state index is 0.0144. The smallest absolute Gasteiger partial charge is 0.170 e. The van der Waals surface area contributed by atoms with Gasteiger partial charge in [0.05, 0.1) is 5.60 Å². The summed E-state index contributed by atoms with van der Waals surface area (Å²) < 4.78 is 11.2. The number of rotatable bonds is 3. The minimum Gasteiger partial charge on any atom is -0.389 e. The highest BCUT2D eigenvalue weighted by atomic mass is 16.7. The summed E-state index contributed by atoms with van der Waals surface area (Å²) in [6.45, 7) is 8.36. The fraction of sp³-hybridized carbons (Fsp3) is 0.875. The molecule has 0 bridgehead atoms. The molecule has 110 valence electrons. The molecule has 0 unspecified atom stereocenters. The average Bonchev–Trinajstić information content (AvgIpc) is 2.38. The Morgan fingerprint density at radius 1 is 1.21 bits per heavy atom.